The number of aromatic nitrogens is 2. The van der Waals surface area contributed by atoms with Crippen molar-refractivity contribution in [3.05, 3.63) is 65.6 Å². The first-order valence-electron chi connectivity index (χ1n) is 8.34. The number of aryl methyl sites for hydroxylation is 1. The van der Waals surface area contributed by atoms with E-state index in [4.69, 9.17) is 0 Å². The molecule has 0 aliphatic heterocycles. The SMILES string of the molecule is CCC(NC(=O)c1cn2cc(C)ccc2n1)c1ccc(S(C)(=O)=O)cc1. The maximum Gasteiger partial charge on any atom is 0.271 e. The Morgan fingerprint density at radius 2 is 1.85 bits per heavy atom. The van der Waals surface area contributed by atoms with E-state index in [1.165, 1.54) is 6.26 Å². The number of amides is 1. The van der Waals surface area contributed by atoms with Gasteiger partial charge in [-0.05, 0) is 42.7 Å². The van der Waals surface area contributed by atoms with Crippen molar-refractivity contribution < 1.29 is 13.2 Å². The molecule has 1 atom stereocenters. The van der Waals surface area contributed by atoms with Crippen LogP contribution in [0.3, 0.4) is 0 Å². The second-order valence-electron chi connectivity index (χ2n) is 6.37. The Morgan fingerprint density at radius 1 is 1.15 bits per heavy atom. The predicted octanol–water partition coefficient (Wildman–Crippen LogP) is 2.93. The number of imidazole rings is 1. The van der Waals surface area contributed by atoms with Gasteiger partial charge in [0.25, 0.3) is 5.91 Å². The van der Waals surface area contributed by atoms with Crippen LogP contribution in [0.2, 0.25) is 0 Å². The van der Waals surface area contributed by atoms with Crippen molar-refractivity contribution in [2.24, 2.45) is 0 Å². The van der Waals surface area contributed by atoms with Crippen LogP contribution in [0.15, 0.2) is 53.7 Å². The molecule has 3 aromatic rings. The summed E-state index contributed by atoms with van der Waals surface area (Å²) >= 11 is 0. The summed E-state index contributed by atoms with van der Waals surface area (Å²) in [6.45, 7) is 3.94. The van der Waals surface area contributed by atoms with E-state index in [0.717, 1.165) is 11.1 Å². The predicted molar refractivity (Wildman–Crippen MR) is 100.0 cm³/mol. The van der Waals surface area contributed by atoms with Crippen molar-refractivity contribution in [3.63, 3.8) is 0 Å². The van der Waals surface area contributed by atoms with Crippen LogP contribution in [-0.2, 0) is 9.84 Å². The lowest BCUT2D eigenvalue weighted by molar-refractivity contribution is 0.0931. The lowest BCUT2D eigenvalue weighted by Gasteiger charge is -2.17. The lowest BCUT2D eigenvalue weighted by atomic mass is 10.0. The second-order valence-corrected chi connectivity index (χ2v) is 8.39. The maximum atomic E-state index is 12.6. The number of hydrogen-bond donors (Lipinski definition) is 1. The zero-order chi connectivity index (χ0) is 18.9. The number of nitrogens with zero attached hydrogens (tertiary/aromatic N) is 2. The Hall–Kier alpha value is -2.67. The third kappa shape index (κ3) is 3.77. The number of carbonyl (C=O) groups excluding carboxylic acids is 1. The van der Waals surface area contributed by atoms with Crippen molar-refractivity contribution in [2.45, 2.75) is 31.2 Å². The zero-order valence-electron chi connectivity index (χ0n) is 14.9. The fourth-order valence-electron chi connectivity index (χ4n) is 2.81. The van der Waals surface area contributed by atoms with Crippen molar-refractivity contribution >= 4 is 21.4 Å². The van der Waals surface area contributed by atoms with Gasteiger partial charge in [-0.15, -0.1) is 0 Å². The number of benzene rings is 1. The molecular formula is C19H21N3O3S. The van der Waals surface area contributed by atoms with Crippen LogP contribution in [0, 0.1) is 6.92 Å². The Morgan fingerprint density at radius 3 is 2.46 bits per heavy atom. The zero-order valence-corrected chi connectivity index (χ0v) is 15.7. The van der Waals surface area contributed by atoms with Crippen LogP contribution in [-0.4, -0.2) is 30.0 Å². The molecule has 7 heteroatoms. The van der Waals surface area contributed by atoms with Gasteiger partial charge in [-0.2, -0.15) is 0 Å². The van der Waals surface area contributed by atoms with E-state index >= 15 is 0 Å². The number of rotatable bonds is 5. The highest BCUT2D eigenvalue weighted by Crippen LogP contribution is 2.20. The van der Waals surface area contributed by atoms with Crippen molar-refractivity contribution in [3.8, 4) is 0 Å². The number of sulfone groups is 1. The average molecular weight is 371 g/mol. The third-order valence-electron chi connectivity index (χ3n) is 4.26. The Balaban J connectivity index is 1.81. The highest BCUT2D eigenvalue weighted by molar-refractivity contribution is 7.90. The van der Waals surface area contributed by atoms with Gasteiger partial charge in [-0.1, -0.05) is 25.1 Å². The largest absolute Gasteiger partial charge is 0.344 e. The minimum atomic E-state index is -3.24. The van der Waals surface area contributed by atoms with E-state index in [0.29, 0.717) is 17.8 Å². The lowest BCUT2D eigenvalue weighted by Crippen LogP contribution is -2.28. The van der Waals surface area contributed by atoms with E-state index in [-0.39, 0.29) is 16.8 Å². The summed E-state index contributed by atoms with van der Waals surface area (Å²) in [4.78, 5) is 17.2. The van der Waals surface area contributed by atoms with Crippen molar-refractivity contribution in [1.29, 1.82) is 0 Å². The summed E-state index contributed by atoms with van der Waals surface area (Å²) in [6.07, 6.45) is 5.47. The first-order chi connectivity index (χ1) is 12.3. The van der Waals surface area contributed by atoms with Gasteiger partial charge in [0.05, 0.1) is 10.9 Å². The fraction of sp³-hybridized carbons (Fsp3) is 0.263. The summed E-state index contributed by atoms with van der Waals surface area (Å²) in [5.41, 5.74) is 3.00. The molecule has 0 saturated carbocycles. The van der Waals surface area contributed by atoms with Gasteiger partial charge in [0, 0.05) is 18.6 Å². The molecule has 1 amide bonds. The molecule has 1 aromatic carbocycles. The summed E-state index contributed by atoms with van der Waals surface area (Å²) in [5.74, 6) is -0.259. The van der Waals surface area contributed by atoms with Gasteiger partial charge in [-0.25, -0.2) is 13.4 Å². The van der Waals surface area contributed by atoms with Crippen molar-refractivity contribution in [1.82, 2.24) is 14.7 Å². The Labute approximate surface area is 152 Å². The molecule has 6 nitrogen and oxygen atoms in total. The molecular weight excluding hydrogens is 350 g/mol. The van der Waals surface area contributed by atoms with Gasteiger partial charge in [0.1, 0.15) is 11.3 Å². The molecule has 136 valence electrons. The Kier molecular flexibility index (Phi) is 4.82. The molecule has 26 heavy (non-hydrogen) atoms. The molecule has 0 fully saturated rings. The molecule has 0 aliphatic carbocycles. The molecule has 2 aromatic heterocycles. The van der Waals surface area contributed by atoms with Gasteiger partial charge in [0.2, 0.25) is 0 Å². The first kappa shape index (κ1) is 18.1. The van der Waals surface area contributed by atoms with E-state index in [2.05, 4.69) is 10.3 Å². The van der Waals surface area contributed by atoms with Gasteiger partial charge in [-0.3, -0.25) is 4.79 Å². The highest BCUT2D eigenvalue weighted by Gasteiger charge is 2.17. The number of fused-ring (bicyclic) bond motifs is 1. The van der Waals surface area contributed by atoms with E-state index in [1.807, 2.05) is 36.6 Å². The number of carbonyl (C=O) groups is 1. The number of nitrogens with one attached hydrogen (secondary N) is 1. The van der Waals surface area contributed by atoms with Crippen LogP contribution in [0.1, 0.15) is 41.0 Å². The Bertz CT molecular complexity index is 1050. The summed E-state index contributed by atoms with van der Waals surface area (Å²) in [6, 6.07) is 10.2. The molecule has 0 radical (unpaired) electrons. The molecule has 3 rings (SSSR count). The summed E-state index contributed by atoms with van der Waals surface area (Å²) in [5, 5.41) is 2.97. The van der Waals surface area contributed by atoms with E-state index < -0.39 is 9.84 Å². The molecule has 2 heterocycles. The molecule has 0 spiro atoms. The van der Waals surface area contributed by atoms with Crippen LogP contribution >= 0.6 is 0 Å². The fourth-order valence-corrected chi connectivity index (χ4v) is 3.44. The summed E-state index contributed by atoms with van der Waals surface area (Å²) in [7, 11) is -3.24. The van der Waals surface area contributed by atoms with E-state index in [1.54, 1.807) is 30.5 Å². The van der Waals surface area contributed by atoms with Crippen LogP contribution in [0.4, 0.5) is 0 Å². The van der Waals surface area contributed by atoms with Gasteiger partial charge in [0.15, 0.2) is 9.84 Å². The highest BCUT2D eigenvalue weighted by atomic mass is 32.2. The van der Waals surface area contributed by atoms with Crippen LogP contribution in [0.5, 0.6) is 0 Å². The first-order valence-corrected chi connectivity index (χ1v) is 10.2. The van der Waals surface area contributed by atoms with Gasteiger partial charge < -0.3 is 9.72 Å². The monoisotopic (exact) mass is 371 g/mol. The van der Waals surface area contributed by atoms with Crippen LogP contribution in [0.25, 0.3) is 5.65 Å². The number of hydrogen-bond acceptors (Lipinski definition) is 4. The molecule has 0 aliphatic rings. The average Bonchev–Trinajstić information content (AvgIpc) is 3.02. The molecule has 0 saturated heterocycles. The quantitative estimate of drug-likeness (QED) is 0.748. The van der Waals surface area contributed by atoms with Crippen LogP contribution < -0.4 is 5.32 Å². The smallest absolute Gasteiger partial charge is 0.271 e. The maximum absolute atomic E-state index is 12.6. The standard InChI is InChI=1S/C19H21N3O3S/c1-4-16(14-6-8-15(9-7-14)26(3,24)25)21-19(23)17-12-22-11-13(2)5-10-18(22)20-17/h5-12,16H,4H2,1-3H3,(H,21,23). The molecule has 1 N–H and O–H groups in total. The normalized spacial score (nSPS) is 12.9. The second kappa shape index (κ2) is 6.92. The minimum Gasteiger partial charge on any atom is -0.344 e. The van der Waals surface area contributed by atoms with Gasteiger partial charge >= 0.3 is 0 Å². The molecule has 1 unspecified atom stereocenters. The number of pyridine rings is 1. The third-order valence-corrected chi connectivity index (χ3v) is 5.38. The van der Waals surface area contributed by atoms with Crippen molar-refractivity contribution in [2.75, 3.05) is 6.26 Å². The summed E-state index contributed by atoms with van der Waals surface area (Å²) < 4.78 is 25.0. The topological polar surface area (TPSA) is 80.5 Å². The minimum absolute atomic E-state index is 0.220. The van der Waals surface area contributed by atoms with E-state index in [9.17, 15) is 13.2 Å². The molecule has 0 bridgehead atoms.